The van der Waals surface area contributed by atoms with Gasteiger partial charge in [0.25, 0.3) is 0 Å². The van der Waals surface area contributed by atoms with E-state index in [0.717, 1.165) is 23.9 Å². The molecule has 1 fully saturated rings. The Kier molecular flexibility index (Phi) is 4.18. The highest BCUT2D eigenvalue weighted by molar-refractivity contribution is 9.10. The molecule has 2 rings (SSSR count). The molecular formula is C13H17BrNO2+. The zero-order valence-corrected chi connectivity index (χ0v) is 11.5. The molecule has 0 spiro atoms. The standard InChI is InChI=1S/C13H16BrNO2/c1-15-7-3-6-12(9-15)17-13(16)10-4-2-5-11(14)8-10/h2,4-5,8,12H,3,6-7,9H2,1H3/p+1. The average molecular weight is 299 g/mol. The van der Waals surface area contributed by atoms with Crippen LogP contribution in [0.25, 0.3) is 0 Å². The molecule has 4 heteroatoms. The minimum Gasteiger partial charge on any atom is -0.453 e. The molecular weight excluding hydrogens is 282 g/mol. The van der Waals surface area contributed by atoms with E-state index in [0.29, 0.717) is 5.56 Å². The lowest BCUT2D eigenvalue weighted by molar-refractivity contribution is -0.888. The second-order valence-corrected chi connectivity index (χ2v) is 5.51. The maximum atomic E-state index is 11.9. The van der Waals surface area contributed by atoms with Crippen molar-refractivity contribution in [1.82, 2.24) is 0 Å². The SMILES string of the molecule is C[NH+]1CCCC(OC(=O)c2cccc(Br)c2)C1. The predicted octanol–water partition coefficient (Wildman–Crippen LogP) is 1.28. The van der Waals surface area contributed by atoms with Crippen molar-refractivity contribution in [3.05, 3.63) is 34.3 Å². The van der Waals surface area contributed by atoms with Gasteiger partial charge in [-0.2, -0.15) is 0 Å². The number of halogens is 1. The number of hydrogen-bond acceptors (Lipinski definition) is 2. The number of carbonyl (C=O) groups is 1. The zero-order chi connectivity index (χ0) is 12.3. The van der Waals surface area contributed by atoms with Crippen molar-refractivity contribution >= 4 is 21.9 Å². The minimum atomic E-state index is -0.217. The fourth-order valence-electron chi connectivity index (χ4n) is 2.16. The monoisotopic (exact) mass is 298 g/mol. The van der Waals surface area contributed by atoms with Gasteiger partial charge in [0.1, 0.15) is 6.54 Å². The summed E-state index contributed by atoms with van der Waals surface area (Å²) >= 11 is 3.35. The molecule has 0 bridgehead atoms. The third kappa shape index (κ3) is 3.54. The molecule has 0 amide bonds. The normalized spacial score (nSPS) is 24.4. The fourth-order valence-corrected chi connectivity index (χ4v) is 2.56. The van der Waals surface area contributed by atoms with Gasteiger partial charge in [0.05, 0.1) is 19.2 Å². The van der Waals surface area contributed by atoms with Crippen molar-refractivity contribution in [1.29, 1.82) is 0 Å². The topological polar surface area (TPSA) is 30.7 Å². The number of esters is 1. The molecule has 1 heterocycles. The van der Waals surface area contributed by atoms with E-state index in [9.17, 15) is 4.79 Å². The van der Waals surface area contributed by atoms with Gasteiger partial charge >= 0.3 is 5.97 Å². The number of benzene rings is 1. The van der Waals surface area contributed by atoms with Gasteiger partial charge in [-0.05, 0) is 24.6 Å². The Morgan fingerprint density at radius 3 is 3.06 bits per heavy atom. The van der Waals surface area contributed by atoms with Crippen molar-refractivity contribution in [2.24, 2.45) is 0 Å². The highest BCUT2D eigenvalue weighted by Crippen LogP contribution is 2.14. The lowest BCUT2D eigenvalue weighted by Crippen LogP contribution is -3.11. The van der Waals surface area contributed by atoms with Crippen LogP contribution in [0.3, 0.4) is 0 Å². The largest absolute Gasteiger partial charge is 0.453 e. The van der Waals surface area contributed by atoms with Gasteiger partial charge in [0, 0.05) is 10.9 Å². The highest BCUT2D eigenvalue weighted by atomic mass is 79.9. The molecule has 17 heavy (non-hydrogen) atoms. The smallest absolute Gasteiger partial charge is 0.338 e. The highest BCUT2D eigenvalue weighted by Gasteiger charge is 2.24. The van der Waals surface area contributed by atoms with E-state index in [1.807, 2.05) is 12.1 Å². The molecule has 1 saturated heterocycles. The van der Waals surface area contributed by atoms with Gasteiger partial charge in [-0.3, -0.25) is 0 Å². The molecule has 1 aromatic carbocycles. The first-order valence-corrected chi connectivity index (χ1v) is 6.72. The number of nitrogens with one attached hydrogen (secondary N) is 1. The number of likely N-dealkylation sites (N-methyl/N-ethyl adjacent to an activating group) is 1. The van der Waals surface area contributed by atoms with Crippen LogP contribution in [0.2, 0.25) is 0 Å². The van der Waals surface area contributed by atoms with Crippen molar-refractivity contribution in [2.75, 3.05) is 20.1 Å². The van der Waals surface area contributed by atoms with Crippen LogP contribution in [-0.2, 0) is 4.74 Å². The first kappa shape index (κ1) is 12.6. The maximum absolute atomic E-state index is 11.9. The minimum absolute atomic E-state index is 0.0650. The molecule has 92 valence electrons. The zero-order valence-electron chi connectivity index (χ0n) is 9.91. The number of ether oxygens (including phenoxy) is 1. The van der Waals surface area contributed by atoms with Crippen LogP contribution in [0, 0.1) is 0 Å². The second-order valence-electron chi connectivity index (χ2n) is 4.59. The quantitative estimate of drug-likeness (QED) is 0.834. The van der Waals surface area contributed by atoms with Crippen molar-refractivity contribution < 1.29 is 14.4 Å². The fraction of sp³-hybridized carbons (Fsp3) is 0.462. The predicted molar refractivity (Wildman–Crippen MR) is 69.2 cm³/mol. The molecule has 0 aliphatic carbocycles. The molecule has 1 aliphatic heterocycles. The Hall–Kier alpha value is -0.870. The van der Waals surface area contributed by atoms with Crippen LogP contribution >= 0.6 is 15.9 Å². The maximum Gasteiger partial charge on any atom is 0.338 e. The number of piperidine rings is 1. The van der Waals surface area contributed by atoms with Gasteiger partial charge in [-0.15, -0.1) is 0 Å². The molecule has 1 aromatic rings. The first-order chi connectivity index (χ1) is 8.15. The third-order valence-corrected chi connectivity index (χ3v) is 3.53. The summed E-state index contributed by atoms with van der Waals surface area (Å²) in [6.45, 7) is 2.09. The number of carbonyl (C=O) groups excluding carboxylic acids is 1. The van der Waals surface area contributed by atoms with Crippen LogP contribution in [0.1, 0.15) is 23.2 Å². The summed E-state index contributed by atoms with van der Waals surface area (Å²) < 4.78 is 6.42. The molecule has 1 N–H and O–H groups in total. The molecule has 1 aliphatic rings. The number of hydrogen-bond donors (Lipinski definition) is 1. The van der Waals surface area contributed by atoms with E-state index in [4.69, 9.17) is 4.74 Å². The van der Waals surface area contributed by atoms with Gasteiger partial charge < -0.3 is 9.64 Å². The van der Waals surface area contributed by atoms with Crippen molar-refractivity contribution in [3.8, 4) is 0 Å². The van der Waals surface area contributed by atoms with Crippen LogP contribution in [0.4, 0.5) is 0 Å². The van der Waals surface area contributed by atoms with E-state index in [1.54, 1.807) is 12.1 Å². The summed E-state index contributed by atoms with van der Waals surface area (Å²) in [6, 6.07) is 7.32. The average Bonchev–Trinajstić information content (AvgIpc) is 2.29. The van der Waals surface area contributed by atoms with Crippen LogP contribution < -0.4 is 4.90 Å². The van der Waals surface area contributed by atoms with E-state index in [2.05, 4.69) is 23.0 Å². The molecule has 2 unspecified atom stereocenters. The Morgan fingerprint density at radius 2 is 2.35 bits per heavy atom. The Labute approximate surface area is 110 Å². The second kappa shape index (κ2) is 5.65. The molecule has 3 nitrogen and oxygen atoms in total. The number of quaternary nitrogens is 1. The number of likely N-dealkylation sites (tertiary alicyclic amines) is 1. The first-order valence-electron chi connectivity index (χ1n) is 5.93. The number of rotatable bonds is 2. The van der Waals surface area contributed by atoms with Crippen LogP contribution in [-0.4, -0.2) is 32.2 Å². The van der Waals surface area contributed by atoms with Gasteiger partial charge in [-0.1, -0.05) is 22.0 Å². The van der Waals surface area contributed by atoms with Gasteiger partial charge in [0.15, 0.2) is 6.10 Å². The van der Waals surface area contributed by atoms with Gasteiger partial charge in [0.2, 0.25) is 0 Å². The summed E-state index contributed by atoms with van der Waals surface area (Å²) in [4.78, 5) is 13.4. The lowest BCUT2D eigenvalue weighted by atomic mass is 10.1. The van der Waals surface area contributed by atoms with E-state index in [1.165, 1.54) is 11.4 Å². The van der Waals surface area contributed by atoms with Crippen molar-refractivity contribution in [2.45, 2.75) is 18.9 Å². The third-order valence-electron chi connectivity index (χ3n) is 3.04. The summed E-state index contributed by atoms with van der Waals surface area (Å²) in [5.41, 5.74) is 0.614. The van der Waals surface area contributed by atoms with Gasteiger partial charge in [-0.25, -0.2) is 4.79 Å². The van der Waals surface area contributed by atoms with Crippen molar-refractivity contribution in [3.63, 3.8) is 0 Å². The van der Waals surface area contributed by atoms with E-state index >= 15 is 0 Å². The lowest BCUT2D eigenvalue weighted by Gasteiger charge is -2.26. The van der Waals surface area contributed by atoms with Crippen LogP contribution in [0.5, 0.6) is 0 Å². The van der Waals surface area contributed by atoms with Crippen LogP contribution in [0.15, 0.2) is 28.7 Å². The summed E-state index contributed by atoms with van der Waals surface area (Å²) in [5.74, 6) is -0.217. The van der Waals surface area contributed by atoms with E-state index < -0.39 is 0 Å². The molecule has 0 aromatic heterocycles. The molecule has 0 radical (unpaired) electrons. The summed E-state index contributed by atoms with van der Waals surface area (Å²) in [6.07, 6.45) is 2.18. The Morgan fingerprint density at radius 1 is 1.53 bits per heavy atom. The summed E-state index contributed by atoms with van der Waals surface area (Å²) in [7, 11) is 2.14. The van der Waals surface area contributed by atoms with E-state index in [-0.39, 0.29) is 12.1 Å². The Bertz CT molecular complexity index is 408. The molecule has 2 atom stereocenters. The summed E-state index contributed by atoms with van der Waals surface area (Å²) in [5, 5.41) is 0. The Balaban J connectivity index is 1.97. The molecule has 0 saturated carbocycles.